The lowest BCUT2D eigenvalue weighted by molar-refractivity contribution is -0.133. The highest BCUT2D eigenvalue weighted by Crippen LogP contribution is 2.21. The minimum Gasteiger partial charge on any atom is -0.370 e. The predicted molar refractivity (Wildman–Crippen MR) is 176 cm³/mol. The number of carbonyl (C=O) groups is 6. The molecule has 1 aliphatic rings. The summed E-state index contributed by atoms with van der Waals surface area (Å²) in [7, 11) is 0. The highest BCUT2D eigenvalue weighted by atomic mass is 32.1. The Morgan fingerprint density at radius 2 is 1.81 bits per heavy atom. The third kappa shape index (κ3) is 9.74. The summed E-state index contributed by atoms with van der Waals surface area (Å²) in [5, 5.41) is 22.6. The Bertz CT molecular complexity index is 1640. The van der Waals surface area contributed by atoms with Crippen LogP contribution >= 0.6 is 11.3 Å². The molecular formula is C30H39N11O6S. The van der Waals surface area contributed by atoms with E-state index < -0.39 is 60.8 Å². The van der Waals surface area contributed by atoms with Crippen molar-refractivity contribution in [2.45, 2.75) is 50.2 Å². The standard InChI is InChI=1S/C30H39N11O6S/c31-24(42)13-36-26(44)20(7-3-9-34-30(32)33)40-27(45)21(11-17-12-35-19-6-2-1-5-18(17)19)39-25(43)14-37-28(46)23-8-4-10-41(23)29(47)22-15-48-16-38-22/h1-2,5-6,12,15-16,20-21,23,35H,3-4,7-11,13-14H2,(H2,31,42)(H,36,44)(H,37,46)(H,39,43)(H,40,45)(H4,32,33,34). The van der Waals surface area contributed by atoms with Gasteiger partial charge in [0, 0.05) is 42.0 Å². The lowest BCUT2D eigenvalue weighted by Crippen LogP contribution is -2.56. The van der Waals surface area contributed by atoms with Gasteiger partial charge in [-0.25, -0.2) is 4.98 Å². The van der Waals surface area contributed by atoms with Gasteiger partial charge in [0.05, 0.1) is 18.6 Å². The van der Waals surface area contributed by atoms with Crippen LogP contribution in [0.2, 0.25) is 0 Å². The number of rotatable bonds is 16. The lowest BCUT2D eigenvalue weighted by atomic mass is 10.0. The molecule has 3 unspecified atom stereocenters. The summed E-state index contributed by atoms with van der Waals surface area (Å²) in [5.41, 5.74) is 13.8. The number of likely N-dealkylation sites (tertiary alicyclic amines) is 1. The van der Waals surface area contributed by atoms with E-state index in [1.54, 1.807) is 11.6 Å². The molecular weight excluding hydrogens is 642 g/mol. The Hall–Kier alpha value is -5.52. The Morgan fingerprint density at radius 1 is 1.02 bits per heavy atom. The molecule has 1 aromatic carbocycles. The molecule has 0 spiro atoms. The normalized spacial score (nSPS) is 15.2. The Balaban J connectivity index is 1.45. The fourth-order valence-corrected chi connectivity index (χ4v) is 5.90. The zero-order chi connectivity index (χ0) is 34.6. The van der Waals surface area contributed by atoms with Crippen LogP contribution in [0.1, 0.15) is 41.7 Å². The number of nitrogens with one attached hydrogen (secondary N) is 7. The summed E-state index contributed by atoms with van der Waals surface area (Å²) in [4.78, 5) is 85.6. The molecule has 4 rings (SSSR count). The molecule has 1 aliphatic heterocycles. The maximum Gasteiger partial charge on any atom is 0.274 e. The summed E-state index contributed by atoms with van der Waals surface area (Å²) in [6, 6.07) is 4.35. The zero-order valence-corrected chi connectivity index (χ0v) is 26.9. The van der Waals surface area contributed by atoms with Crippen molar-refractivity contribution in [3.8, 4) is 0 Å². The van der Waals surface area contributed by atoms with E-state index in [0.717, 1.165) is 16.5 Å². The number of primary amides is 1. The van der Waals surface area contributed by atoms with Gasteiger partial charge in [0.2, 0.25) is 29.5 Å². The van der Waals surface area contributed by atoms with Crippen LogP contribution in [0.3, 0.4) is 0 Å². The third-order valence-electron chi connectivity index (χ3n) is 7.70. The molecule has 1 saturated heterocycles. The first kappa shape index (κ1) is 35.3. The molecule has 256 valence electrons. The van der Waals surface area contributed by atoms with Gasteiger partial charge in [-0.1, -0.05) is 18.2 Å². The Morgan fingerprint density at radius 3 is 2.54 bits per heavy atom. The highest BCUT2D eigenvalue weighted by Gasteiger charge is 2.35. The van der Waals surface area contributed by atoms with Crippen molar-refractivity contribution in [2.24, 2.45) is 11.5 Å². The molecule has 0 radical (unpaired) electrons. The van der Waals surface area contributed by atoms with Crippen LogP contribution in [0, 0.1) is 5.41 Å². The number of aromatic amines is 1. The molecule has 3 atom stereocenters. The van der Waals surface area contributed by atoms with E-state index in [4.69, 9.17) is 16.9 Å². The number of thiazole rings is 1. The minimum atomic E-state index is -1.18. The van der Waals surface area contributed by atoms with E-state index in [-0.39, 0.29) is 36.9 Å². The fraction of sp³-hybridized carbons (Fsp3) is 0.400. The van der Waals surface area contributed by atoms with E-state index in [1.807, 2.05) is 24.3 Å². The van der Waals surface area contributed by atoms with Crippen LogP contribution in [0.25, 0.3) is 10.9 Å². The average Bonchev–Trinajstić information content (AvgIpc) is 3.85. The summed E-state index contributed by atoms with van der Waals surface area (Å²) in [5.74, 6) is -3.91. The molecule has 6 amide bonds. The van der Waals surface area contributed by atoms with Crippen LogP contribution in [-0.4, -0.2) is 101 Å². The number of nitrogens with zero attached hydrogens (tertiary/aromatic N) is 2. The van der Waals surface area contributed by atoms with Crippen molar-refractivity contribution in [3.63, 3.8) is 0 Å². The van der Waals surface area contributed by atoms with Crippen molar-refractivity contribution < 1.29 is 28.8 Å². The van der Waals surface area contributed by atoms with E-state index in [2.05, 4.69) is 36.6 Å². The second-order valence-electron chi connectivity index (χ2n) is 11.2. The zero-order valence-electron chi connectivity index (χ0n) is 26.0. The molecule has 0 aliphatic carbocycles. The summed E-state index contributed by atoms with van der Waals surface area (Å²) < 4.78 is 0. The van der Waals surface area contributed by atoms with Crippen LogP contribution in [0.15, 0.2) is 41.4 Å². The van der Waals surface area contributed by atoms with Crippen LogP contribution in [-0.2, 0) is 30.4 Å². The molecule has 3 heterocycles. The van der Waals surface area contributed by atoms with Gasteiger partial charge in [-0.05, 0) is 37.3 Å². The predicted octanol–water partition coefficient (Wildman–Crippen LogP) is -1.58. The molecule has 17 nitrogen and oxygen atoms in total. The van der Waals surface area contributed by atoms with Gasteiger partial charge in [0.25, 0.3) is 5.91 Å². The highest BCUT2D eigenvalue weighted by molar-refractivity contribution is 7.07. The minimum absolute atomic E-state index is 0.0373. The molecule has 3 aromatic rings. The smallest absolute Gasteiger partial charge is 0.274 e. The van der Waals surface area contributed by atoms with Gasteiger partial charge in [0.15, 0.2) is 5.96 Å². The first-order chi connectivity index (χ1) is 23.0. The number of amides is 6. The second-order valence-corrected chi connectivity index (χ2v) is 11.9. The van der Waals surface area contributed by atoms with Gasteiger partial charge < -0.3 is 47.9 Å². The van der Waals surface area contributed by atoms with Crippen molar-refractivity contribution in [2.75, 3.05) is 26.2 Å². The van der Waals surface area contributed by atoms with Crippen LogP contribution in [0.4, 0.5) is 0 Å². The van der Waals surface area contributed by atoms with Gasteiger partial charge in [-0.15, -0.1) is 11.3 Å². The molecule has 0 bridgehead atoms. The summed E-state index contributed by atoms with van der Waals surface area (Å²) in [6.45, 7) is -0.287. The molecule has 2 aromatic heterocycles. The monoisotopic (exact) mass is 681 g/mol. The van der Waals surface area contributed by atoms with E-state index >= 15 is 0 Å². The first-order valence-corrected chi connectivity index (χ1v) is 16.2. The average molecular weight is 682 g/mol. The van der Waals surface area contributed by atoms with Gasteiger partial charge in [-0.2, -0.15) is 0 Å². The number of aromatic nitrogens is 2. The third-order valence-corrected chi connectivity index (χ3v) is 8.28. The summed E-state index contributed by atoms with van der Waals surface area (Å²) >= 11 is 1.27. The number of fused-ring (bicyclic) bond motifs is 1. The van der Waals surface area contributed by atoms with Crippen molar-refractivity contribution in [3.05, 3.63) is 52.6 Å². The van der Waals surface area contributed by atoms with E-state index in [9.17, 15) is 28.8 Å². The van der Waals surface area contributed by atoms with Gasteiger partial charge in [-0.3, -0.25) is 34.2 Å². The van der Waals surface area contributed by atoms with Gasteiger partial charge >= 0.3 is 0 Å². The van der Waals surface area contributed by atoms with Crippen molar-refractivity contribution in [1.82, 2.24) is 41.5 Å². The Kier molecular flexibility index (Phi) is 12.4. The maximum absolute atomic E-state index is 13.7. The number of H-pyrrole nitrogens is 1. The van der Waals surface area contributed by atoms with Crippen LogP contribution in [0.5, 0.6) is 0 Å². The Labute approximate surface area is 279 Å². The molecule has 11 N–H and O–H groups in total. The lowest BCUT2D eigenvalue weighted by Gasteiger charge is -2.24. The number of nitrogens with two attached hydrogens (primary N) is 2. The number of para-hydroxylation sites is 1. The molecule has 1 fully saturated rings. The number of hydrogen-bond acceptors (Lipinski definition) is 9. The first-order valence-electron chi connectivity index (χ1n) is 15.3. The molecule has 0 saturated carbocycles. The second kappa shape index (κ2) is 16.9. The number of guanidine groups is 1. The molecule has 48 heavy (non-hydrogen) atoms. The van der Waals surface area contributed by atoms with E-state index in [0.29, 0.717) is 25.8 Å². The largest absolute Gasteiger partial charge is 0.370 e. The van der Waals surface area contributed by atoms with Crippen molar-refractivity contribution >= 4 is 63.6 Å². The van der Waals surface area contributed by atoms with Crippen LogP contribution < -0.4 is 38.1 Å². The van der Waals surface area contributed by atoms with E-state index in [1.165, 1.54) is 21.7 Å². The number of hydrogen-bond donors (Lipinski definition) is 9. The quantitative estimate of drug-likeness (QED) is 0.0479. The SMILES string of the molecule is N=C(N)NCCCC(NC(=O)C(Cc1c[nH]c2ccccc12)NC(=O)CNC(=O)C1CCCN1C(=O)c1cscn1)C(=O)NCC(N)=O. The van der Waals surface area contributed by atoms with Gasteiger partial charge in [0.1, 0.15) is 23.8 Å². The number of benzene rings is 1. The number of carbonyl (C=O) groups excluding carboxylic acids is 6. The topological polar surface area (TPSA) is 270 Å². The van der Waals surface area contributed by atoms with Crippen molar-refractivity contribution in [1.29, 1.82) is 5.41 Å². The molecule has 18 heteroatoms. The fourth-order valence-electron chi connectivity index (χ4n) is 5.38. The maximum atomic E-state index is 13.7. The summed E-state index contributed by atoms with van der Waals surface area (Å²) in [6.07, 6.45) is 3.23.